The number of para-hydroxylation sites is 1. The summed E-state index contributed by atoms with van der Waals surface area (Å²) in [5.41, 5.74) is 5.65. The van der Waals surface area contributed by atoms with E-state index in [1.54, 1.807) is 13.0 Å². The third-order valence-electron chi connectivity index (χ3n) is 2.59. The molecule has 0 fully saturated rings. The number of aryl methyl sites for hydroxylation is 1. The molecule has 8 heteroatoms. The maximum atomic E-state index is 12.0. The van der Waals surface area contributed by atoms with Crippen LogP contribution >= 0.6 is 0 Å². The van der Waals surface area contributed by atoms with Crippen LogP contribution in [0.15, 0.2) is 28.8 Å². The van der Waals surface area contributed by atoms with Gasteiger partial charge >= 0.3 is 5.69 Å². The fourth-order valence-corrected chi connectivity index (χ4v) is 1.71. The topological polar surface area (TPSA) is 124 Å². The van der Waals surface area contributed by atoms with Gasteiger partial charge in [-0.25, -0.2) is 0 Å². The minimum absolute atomic E-state index is 0.0573. The molecule has 0 spiro atoms. The molecule has 0 atom stereocenters. The molecule has 0 radical (unpaired) electrons. The number of hydrogen-bond acceptors (Lipinski definition) is 6. The van der Waals surface area contributed by atoms with Crippen molar-refractivity contribution >= 4 is 17.3 Å². The van der Waals surface area contributed by atoms with Gasteiger partial charge in [0.25, 0.3) is 5.91 Å². The van der Waals surface area contributed by atoms with Gasteiger partial charge in [-0.1, -0.05) is 11.2 Å². The molecule has 0 saturated carbocycles. The number of nitrogens with zero attached hydrogens (tertiary/aromatic N) is 2. The summed E-state index contributed by atoms with van der Waals surface area (Å²) in [5, 5.41) is 17.1. The van der Waals surface area contributed by atoms with Gasteiger partial charge in [-0.05, 0) is 19.1 Å². The number of carbonyl (C=O) groups excluding carboxylic acids is 1. The van der Waals surface area contributed by atoms with Gasteiger partial charge in [0.05, 0.1) is 17.2 Å². The summed E-state index contributed by atoms with van der Waals surface area (Å²) in [6, 6.07) is 5.86. The van der Waals surface area contributed by atoms with Crippen molar-refractivity contribution in [3.05, 3.63) is 51.4 Å². The lowest BCUT2D eigenvalue weighted by Crippen LogP contribution is -2.23. The van der Waals surface area contributed by atoms with E-state index in [0.29, 0.717) is 11.5 Å². The van der Waals surface area contributed by atoms with Crippen LogP contribution in [-0.2, 0) is 6.54 Å². The van der Waals surface area contributed by atoms with E-state index in [1.807, 2.05) is 0 Å². The van der Waals surface area contributed by atoms with Gasteiger partial charge in [0.15, 0.2) is 5.76 Å². The minimum atomic E-state index is -0.678. The molecule has 3 N–H and O–H groups in total. The Labute approximate surface area is 113 Å². The van der Waals surface area contributed by atoms with Gasteiger partial charge < -0.3 is 15.6 Å². The van der Waals surface area contributed by atoms with E-state index in [0.717, 1.165) is 0 Å². The second-order valence-electron chi connectivity index (χ2n) is 4.12. The summed E-state index contributed by atoms with van der Waals surface area (Å²) in [7, 11) is 0. The Morgan fingerprint density at radius 1 is 1.55 bits per heavy atom. The lowest BCUT2D eigenvalue weighted by Gasteiger charge is -2.05. The molecule has 1 aromatic heterocycles. The van der Waals surface area contributed by atoms with Gasteiger partial charge in [-0.2, -0.15) is 0 Å². The Morgan fingerprint density at radius 2 is 2.30 bits per heavy atom. The monoisotopic (exact) mass is 276 g/mol. The second kappa shape index (κ2) is 5.39. The first-order valence-electron chi connectivity index (χ1n) is 5.72. The van der Waals surface area contributed by atoms with E-state index < -0.39 is 16.5 Å². The van der Waals surface area contributed by atoms with Crippen molar-refractivity contribution in [2.24, 2.45) is 0 Å². The molecule has 1 heterocycles. The van der Waals surface area contributed by atoms with Crippen molar-refractivity contribution in [2.45, 2.75) is 13.5 Å². The van der Waals surface area contributed by atoms with Crippen LogP contribution in [0.2, 0.25) is 0 Å². The first-order valence-corrected chi connectivity index (χ1v) is 5.72. The summed E-state index contributed by atoms with van der Waals surface area (Å²) >= 11 is 0. The van der Waals surface area contributed by atoms with E-state index in [-0.39, 0.29) is 17.8 Å². The molecule has 2 aromatic rings. The number of carbonyl (C=O) groups is 1. The zero-order chi connectivity index (χ0) is 14.7. The predicted octanol–water partition coefficient (Wildman–Crippen LogP) is 1.40. The van der Waals surface area contributed by atoms with Gasteiger partial charge in [-0.3, -0.25) is 14.9 Å². The summed E-state index contributed by atoms with van der Waals surface area (Å²) in [5.74, 6) is -0.138. The van der Waals surface area contributed by atoms with E-state index >= 15 is 0 Å². The highest BCUT2D eigenvalue weighted by atomic mass is 16.6. The standard InChI is InChI=1S/C12H12N4O4/c1-7-5-8(20-15-7)6-14-12(17)9-3-2-4-10(13)11(9)16(18)19/h2-5H,6,13H2,1H3,(H,14,17). The van der Waals surface area contributed by atoms with Crippen LogP contribution in [0.3, 0.4) is 0 Å². The highest BCUT2D eigenvalue weighted by Gasteiger charge is 2.23. The molecule has 0 saturated heterocycles. The number of amides is 1. The number of anilines is 1. The van der Waals surface area contributed by atoms with Crippen LogP contribution in [0.1, 0.15) is 21.8 Å². The summed E-state index contributed by atoms with van der Waals surface area (Å²) < 4.78 is 4.93. The third kappa shape index (κ3) is 2.74. The first kappa shape index (κ1) is 13.5. The van der Waals surface area contributed by atoms with Crippen molar-refractivity contribution in [2.75, 3.05) is 5.73 Å². The largest absolute Gasteiger partial charge is 0.393 e. The average Bonchev–Trinajstić information content (AvgIpc) is 2.81. The number of benzene rings is 1. The van der Waals surface area contributed by atoms with E-state index in [2.05, 4.69) is 10.5 Å². The molecule has 1 amide bonds. The van der Waals surface area contributed by atoms with Crippen molar-refractivity contribution in [3.63, 3.8) is 0 Å². The first-order chi connectivity index (χ1) is 9.49. The number of nitro benzene ring substituents is 1. The molecular formula is C12H12N4O4. The molecule has 0 aliphatic rings. The average molecular weight is 276 g/mol. The van der Waals surface area contributed by atoms with Gasteiger partial charge in [0.1, 0.15) is 11.3 Å². The van der Waals surface area contributed by atoms with Crippen molar-refractivity contribution in [1.82, 2.24) is 10.5 Å². The lowest BCUT2D eigenvalue weighted by atomic mass is 10.1. The number of hydrogen-bond donors (Lipinski definition) is 2. The van der Waals surface area contributed by atoms with Crippen LogP contribution in [0, 0.1) is 17.0 Å². The molecule has 104 valence electrons. The number of nitrogens with two attached hydrogens (primary N) is 1. The highest BCUT2D eigenvalue weighted by molar-refractivity contribution is 6.00. The number of nitrogen functional groups attached to an aromatic ring is 1. The maximum absolute atomic E-state index is 12.0. The zero-order valence-corrected chi connectivity index (χ0v) is 10.6. The summed E-state index contributed by atoms with van der Waals surface area (Å²) in [4.78, 5) is 22.2. The molecule has 0 unspecified atom stereocenters. The molecule has 8 nitrogen and oxygen atoms in total. The normalized spacial score (nSPS) is 10.2. The van der Waals surface area contributed by atoms with E-state index in [1.165, 1.54) is 18.2 Å². The third-order valence-corrected chi connectivity index (χ3v) is 2.59. The molecular weight excluding hydrogens is 264 g/mol. The Hall–Kier alpha value is -2.90. The molecule has 0 aliphatic heterocycles. The molecule has 20 heavy (non-hydrogen) atoms. The minimum Gasteiger partial charge on any atom is -0.393 e. The van der Waals surface area contributed by atoms with Crippen molar-refractivity contribution < 1.29 is 14.2 Å². The highest BCUT2D eigenvalue weighted by Crippen LogP contribution is 2.25. The van der Waals surface area contributed by atoms with Crippen molar-refractivity contribution in [1.29, 1.82) is 0 Å². The van der Waals surface area contributed by atoms with Gasteiger partial charge in [0, 0.05) is 6.07 Å². The van der Waals surface area contributed by atoms with Crippen LogP contribution in [0.25, 0.3) is 0 Å². The van der Waals surface area contributed by atoms with Gasteiger partial charge in [-0.15, -0.1) is 0 Å². The summed E-state index contributed by atoms with van der Waals surface area (Å²) in [6.45, 7) is 1.84. The zero-order valence-electron chi connectivity index (χ0n) is 10.6. The number of nitro groups is 1. The Morgan fingerprint density at radius 3 is 2.90 bits per heavy atom. The maximum Gasteiger partial charge on any atom is 0.304 e. The molecule has 0 bridgehead atoms. The number of aromatic nitrogens is 1. The Kier molecular flexibility index (Phi) is 3.65. The van der Waals surface area contributed by atoms with Crippen molar-refractivity contribution in [3.8, 4) is 0 Å². The Bertz CT molecular complexity index is 665. The van der Waals surface area contributed by atoms with Crippen LogP contribution in [-0.4, -0.2) is 16.0 Å². The van der Waals surface area contributed by atoms with E-state index in [9.17, 15) is 14.9 Å². The van der Waals surface area contributed by atoms with E-state index in [4.69, 9.17) is 10.3 Å². The SMILES string of the molecule is Cc1cc(CNC(=O)c2cccc(N)c2[N+](=O)[O-])on1. The number of nitrogens with one attached hydrogen (secondary N) is 1. The second-order valence-corrected chi connectivity index (χ2v) is 4.12. The fourth-order valence-electron chi connectivity index (χ4n) is 1.71. The van der Waals surface area contributed by atoms with Crippen LogP contribution in [0.5, 0.6) is 0 Å². The molecule has 0 aliphatic carbocycles. The lowest BCUT2D eigenvalue weighted by molar-refractivity contribution is -0.384. The van der Waals surface area contributed by atoms with Crippen LogP contribution in [0.4, 0.5) is 11.4 Å². The quantitative estimate of drug-likeness (QED) is 0.494. The summed E-state index contributed by atoms with van der Waals surface area (Å²) in [6.07, 6.45) is 0. The molecule has 1 aromatic carbocycles. The fraction of sp³-hybridized carbons (Fsp3) is 0.167. The smallest absolute Gasteiger partial charge is 0.304 e. The Balaban J connectivity index is 2.17. The molecule has 2 rings (SSSR count). The van der Waals surface area contributed by atoms with Crippen LogP contribution < -0.4 is 11.1 Å². The van der Waals surface area contributed by atoms with Gasteiger partial charge in [0.2, 0.25) is 0 Å². The predicted molar refractivity (Wildman–Crippen MR) is 69.9 cm³/mol. The number of rotatable bonds is 4.